The summed E-state index contributed by atoms with van der Waals surface area (Å²) in [6.07, 6.45) is -0.719. The highest BCUT2D eigenvalue weighted by Crippen LogP contribution is 2.23. The van der Waals surface area contributed by atoms with E-state index in [-0.39, 0.29) is 18.7 Å². The van der Waals surface area contributed by atoms with Gasteiger partial charge in [-0.2, -0.15) is 0 Å². The van der Waals surface area contributed by atoms with Crippen LogP contribution in [0.4, 0.5) is 18.0 Å². The van der Waals surface area contributed by atoms with Crippen molar-refractivity contribution in [1.82, 2.24) is 5.32 Å². The van der Waals surface area contributed by atoms with Crippen LogP contribution in [0.15, 0.2) is 12.1 Å². The van der Waals surface area contributed by atoms with Crippen LogP contribution in [-0.2, 0) is 4.74 Å². The summed E-state index contributed by atoms with van der Waals surface area (Å²) in [5, 5.41) is 2.39. The third-order valence-corrected chi connectivity index (χ3v) is 2.63. The topological polar surface area (TPSA) is 64.3 Å². The Balaban J connectivity index is 2.79. The van der Waals surface area contributed by atoms with Crippen LogP contribution in [0, 0.1) is 17.5 Å². The zero-order valence-electron chi connectivity index (χ0n) is 12.2. The van der Waals surface area contributed by atoms with E-state index in [9.17, 15) is 18.0 Å². The second-order valence-corrected chi connectivity index (χ2v) is 5.60. The lowest BCUT2D eigenvalue weighted by Gasteiger charge is -2.22. The molecule has 0 fully saturated rings. The van der Waals surface area contributed by atoms with Gasteiger partial charge in [-0.05, 0) is 20.8 Å². The Morgan fingerprint density at radius 1 is 1.29 bits per heavy atom. The first-order valence-corrected chi connectivity index (χ1v) is 6.45. The van der Waals surface area contributed by atoms with Crippen LogP contribution in [-0.4, -0.2) is 24.8 Å². The predicted octanol–water partition coefficient (Wildman–Crippen LogP) is 2.67. The number of nitrogens with one attached hydrogen (secondary N) is 1. The minimum atomic E-state index is -1.03. The number of hydrogen-bond acceptors (Lipinski definition) is 3. The van der Waals surface area contributed by atoms with Crippen LogP contribution < -0.4 is 11.1 Å². The monoisotopic (exact) mass is 304 g/mol. The molecule has 3 N–H and O–H groups in total. The first-order valence-electron chi connectivity index (χ1n) is 6.45. The van der Waals surface area contributed by atoms with Crippen LogP contribution in [0.1, 0.15) is 32.3 Å². The van der Waals surface area contributed by atoms with Gasteiger partial charge in [-0.15, -0.1) is 0 Å². The van der Waals surface area contributed by atoms with E-state index >= 15 is 0 Å². The number of halogens is 3. The summed E-state index contributed by atoms with van der Waals surface area (Å²) in [5.74, 6) is -3.90. The minimum absolute atomic E-state index is 0.116. The number of rotatable bonds is 4. The molecule has 0 spiro atoms. The van der Waals surface area contributed by atoms with Gasteiger partial charge < -0.3 is 15.8 Å². The normalized spacial score (nSPS) is 12.9. The number of hydrogen-bond donors (Lipinski definition) is 2. The fourth-order valence-electron chi connectivity index (χ4n) is 1.77. The molecule has 7 heteroatoms. The van der Waals surface area contributed by atoms with Gasteiger partial charge in [-0.25, -0.2) is 18.0 Å². The van der Waals surface area contributed by atoms with Gasteiger partial charge in [0, 0.05) is 36.7 Å². The van der Waals surface area contributed by atoms with Gasteiger partial charge in [0.05, 0.1) is 0 Å². The Morgan fingerprint density at radius 3 is 2.24 bits per heavy atom. The zero-order valence-corrected chi connectivity index (χ0v) is 12.2. The van der Waals surface area contributed by atoms with Crippen molar-refractivity contribution in [3.63, 3.8) is 0 Å². The van der Waals surface area contributed by atoms with Crippen molar-refractivity contribution in [1.29, 1.82) is 0 Å². The van der Waals surface area contributed by atoms with Gasteiger partial charge in [0.1, 0.15) is 23.1 Å². The Kier molecular flexibility index (Phi) is 5.60. The molecule has 118 valence electrons. The van der Waals surface area contributed by atoms with Crippen LogP contribution in [0.3, 0.4) is 0 Å². The Morgan fingerprint density at radius 2 is 1.81 bits per heavy atom. The average Bonchev–Trinajstić information content (AvgIpc) is 2.29. The van der Waals surface area contributed by atoms with Crippen molar-refractivity contribution in [2.24, 2.45) is 5.73 Å². The van der Waals surface area contributed by atoms with E-state index < -0.39 is 35.1 Å². The Hall–Kier alpha value is -1.76. The summed E-state index contributed by atoms with van der Waals surface area (Å²) in [5.41, 5.74) is 4.44. The van der Waals surface area contributed by atoms with Crippen molar-refractivity contribution >= 4 is 6.09 Å². The molecule has 1 unspecified atom stereocenters. The SMILES string of the molecule is CC(C)(C)OC(=O)NCC(CN)c1c(F)cc(F)cc1F. The Bertz CT molecular complexity index is 492. The van der Waals surface area contributed by atoms with E-state index in [4.69, 9.17) is 10.5 Å². The lowest BCUT2D eigenvalue weighted by atomic mass is 9.98. The van der Waals surface area contributed by atoms with Crippen LogP contribution >= 0.6 is 0 Å². The van der Waals surface area contributed by atoms with Crippen molar-refractivity contribution in [3.8, 4) is 0 Å². The summed E-state index contributed by atoms with van der Waals surface area (Å²) in [6.45, 7) is 4.82. The van der Waals surface area contributed by atoms with Crippen LogP contribution in [0.2, 0.25) is 0 Å². The molecular formula is C14H19F3N2O2. The lowest BCUT2D eigenvalue weighted by Crippen LogP contribution is -2.36. The summed E-state index contributed by atoms with van der Waals surface area (Å²) in [6, 6.07) is 1.16. The predicted molar refractivity (Wildman–Crippen MR) is 72.3 cm³/mol. The highest BCUT2D eigenvalue weighted by molar-refractivity contribution is 5.67. The fraction of sp³-hybridized carbons (Fsp3) is 0.500. The van der Waals surface area contributed by atoms with Crippen LogP contribution in [0.5, 0.6) is 0 Å². The van der Waals surface area contributed by atoms with E-state index in [0.29, 0.717) is 12.1 Å². The largest absolute Gasteiger partial charge is 0.444 e. The highest BCUT2D eigenvalue weighted by Gasteiger charge is 2.22. The molecule has 0 bridgehead atoms. The molecule has 1 amide bonds. The molecule has 1 aromatic carbocycles. The third kappa shape index (κ3) is 5.26. The molecule has 0 saturated heterocycles. The quantitative estimate of drug-likeness (QED) is 0.899. The molecule has 1 aromatic rings. The number of amides is 1. The maximum atomic E-state index is 13.7. The maximum absolute atomic E-state index is 13.7. The number of carbonyl (C=O) groups excluding carboxylic acids is 1. The average molecular weight is 304 g/mol. The van der Waals surface area contributed by atoms with E-state index in [2.05, 4.69) is 5.32 Å². The van der Waals surface area contributed by atoms with Gasteiger partial charge in [-0.3, -0.25) is 0 Å². The van der Waals surface area contributed by atoms with Gasteiger partial charge in [0.25, 0.3) is 0 Å². The van der Waals surface area contributed by atoms with Gasteiger partial charge >= 0.3 is 6.09 Å². The number of nitrogens with two attached hydrogens (primary N) is 1. The summed E-state index contributed by atoms with van der Waals surface area (Å²) < 4.78 is 45.2. The molecule has 0 heterocycles. The molecule has 0 aliphatic rings. The Labute approximate surface area is 121 Å². The van der Waals surface area contributed by atoms with E-state index in [0.717, 1.165) is 0 Å². The van der Waals surface area contributed by atoms with Crippen molar-refractivity contribution in [2.45, 2.75) is 32.3 Å². The van der Waals surface area contributed by atoms with Crippen molar-refractivity contribution < 1.29 is 22.7 Å². The molecule has 0 aliphatic heterocycles. The molecule has 4 nitrogen and oxygen atoms in total. The molecule has 21 heavy (non-hydrogen) atoms. The second-order valence-electron chi connectivity index (χ2n) is 5.60. The number of ether oxygens (including phenoxy) is 1. The minimum Gasteiger partial charge on any atom is -0.444 e. The lowest BCUT2D eigenvalue weighted by molar-refractivity contribution is 0.0524. The first-order chi connectivity index (χ1) is 9.64. The molecular weight excluding hydrogens is 285 g/mol. The summed E-state index contributed by atoms with van der Waals surface area (Å²) in [4.78, 5) is 11.5. The van der Waals surface area contributed by atoms with Crippen molar-refractivity contribution in [2.75, 3.05) is 13.1 Å². The van der Waals surface area contributed by atoms with E-state index in [1.807, 2.05) is 0 Å². The molecule has 0 saturated carbocycles. The standard InChI is InChI=1S/C14H19F3N2O2/c1-14(2,3)21-13(20)19-7-8(6-18)12-10(16)4-9(15)5-11(12)17/h4-5,8H,6-7,18H2,1-3H3,(H,19,20). The first kappa shape index (κ1) is 17.3. The van der Waals surface area contributed by atoms with Gasteiger partial charge in [0.15, 0.2) is 0 Å². The zero-order chi connectivity index (χ0) is 16.2. The summed E-state index contributed by atoms with van der Waals surface area (Å²) in [7, 11) is 0. The number of benzene rings is 1. The third-order valence-electron chi connectivity index (χ3n) is 2.63. The van der Waals surface area contributed by atoms with Crippen molar-refractivity contribution in [3.05, 3.63) is 35.1 Å². The van der Waals surface area contributed by atoms with E-state index in [1.54, 1.807) is 20.8 Å². The van der Waals surface area contributed by atoms with Crippen LogP contribution in [0.25, 0.3) is 0 Å². The molecule has 1 atom stereocenters. The maximum Gasteiger partial charge on any atom is 0.407 e. The molecule has 0 aromatic heterocycles. The summed E-state index contributed by atoms with van der Waals surface area (Å²) >= 11 is 0. The molecule has 1 rings (SSSR count). The molecule has 0 radical (unpaired) electrons. The van der Waals surface area contributed by atoms with E-state index in [1.165, 1.54) is 0 Å². The van der Waals surface area contributed by atoms with Gasteiger partial charge in [-0.1, -0.05) is 0 Å². The van der Waals surface area contributed by atoms with Gasteiger partial charge in [0.2, 0.25) is 0 Å². The highest BCUT2D eigenvalue weighted by atomic mass is 19.1. The fourth-order valence-corrected chi connectivity index (χ4v) is 1.77. The molecule has 0 aliphatic carbocycles. The smallest absolute Gasteiger partial charge is 0.407 e. The number of carbonyl (C=O) groups is 1. The number of alkyl carbamates (subject to hydrolysis) is 1. The second kappa shape index (κ2) is 6.80.